The van der Waals surface area contributed by atoms with Crippen molar-refractivity contribution in [3.63, 3.8) is 0 Å². The van der Waals surface area contributed by atoms with E-state index in [2.05, 4.69) is 5.32 Å². The summed E-state index contributed by atoms with van der Waals surface area (Å²) in [7, 11) is -1.95. The Hall–Kier alpha value is -2.38. The SMILES string of the molecule is CC[C@@H](NC(=O)c1cc(S(=O)(=O)N2CCCC2)ccc1C)c1ccc(OC)cc1. The fourth-order valence-corrected chi connectivity index (χ4v) is 5.12. The van der Waals surface area contributed by atoms with Gasteiger partial charge in [-0.05, 0) is 61.6 Å². The number of nitrogens with zero attached hydrogens (tertiary/aromatic N) is 1. The number of carbonyl (C=O) groups excluding carboxylic acids is 1. The number of benzene rings is 2. The molecule has 1 aliphatic heterocycles. The number of amides is 1. The minimum atomic E-state index is -3.57. The Labute approximate surface area is 172 Å². The Morgan fingerprint density at radius 2 is 1.79 bits per heavy atom. The summed E-state index contributed by atoms with van der Waals surface area (Å²) in [5, 5.41) is 3.04. The van der Waals surface area contributed by atoms with Crippen LogP contribution in [0.15, 0.2) is 47.4 Å². The van der Waals surface area contributed by atoms with Crippen molar-refractivity contribution in [3.8, 4) is 5.75 Å². The van der Waals surface area contributed by atoms with Crippen LogP contribution in [0.1, 0.15) is 53.7 Å². The highest BCUT2D eigenvalue weighted by molar-refractivity contribution is 7.89. The van der Waals surface area contributed by atoms with Gasteiger partial charge < -0.3 is 10.1 Å². The molecule has 2 aromatic carbocycles. The average Bonchev–Trinajstić information content (AvgIpc) is 3.28. The lowest BCUT2D eigenvalue weighted by Gasteiger charge is -2.20. The highest BCUT2D eigenvalue weighted by Crippen LogP contribution is 2.25. The van der Waals surface area contributed by atoms with Crippen molar-refractivity contribution in [2.24, 2.45) is 0 Å². The first kappa shape index (κ1) is 21.3. The van der Waals surface area contributed by atoms with Crippen LogP contribution in [-0.4, -0.2) is 38.8 Å². The summed E-state index contributed by atoms with van der Waals surface area (Å²) in [5.74, 6) is 0.481. The smallest absolute Gasteiger partial charge is 0.252 e. The maximum absolute atomic E-state index is 13.0. The molecule has 0 aliphatic carbocycles. The second-order valence-electron chi connectivity index (χ2n) is 7.30. The Morgan fingerprint density at radius 3 is 2.38 bits per heavy atom. The van der Waals surface area contributed by atoms with Gasteiger partial charge in [0.15, 0.2) is 0 Å². The van der Waals surface area contributed by atoms with Gasteiger partial charge in [0.05, 0.1) is 18.0 Å². The number of nitrogens with one attached hydrogen (secondary N) is 1. The van der Waals surface area contributed by atoms with E-state index < -0.39 is 10.0 Å². The van der Waals surface area contributed by atoms with Gasteiger partial charge in [0, 0.05) is 18.7 Å². The molecule has 1 heterocycles. The van der Waals surface area contributed by atoms with Crippen molar-refractivity contribution in [3.05, 3.63) is 59.2 Å². The van der Waals surface area contributed by atoms with E-state index in [1.165, 1.54) is 10.4 Å². The fourth-order valence-electron chi connectivity index (χ4n) is 3.58. The topological polar surface area (TPSA) is 75.7 Å². The Kier molecular flexibility index (Phi) is 6.59. The predicted molar refractivity (Wildman–Crippen MR) is 113 cm³/mol. The lowest BCUT2D eigenvalue weighted by molar-refractivity contribution is 0.0934. The average molecular weight is 417 g/mol. The normalized spacial score (nSPS) is 15.8. The second-order valence-corrected chi connectivity index (χ2v) is 9.23. The van der Waals surface area contributed by atoms with Gasteiger partial charge in [-0.3, -0.25) is 4.79 Å². The van der Waals surface area contributed by atoms with Crippen LogP contribution in [0.2, 0.25) is 0 Å². The number of ether oxygens (including phenoxy) is 1. The zero-order valence-electron chi connectivity index (χ0n) is 17.1. The Balaban J connectivity index is 1.84. The number of hydrogen-bond donors (Lipinski definition) is 1. The molecule has 0 aromatic heterocycles. The summed E-state index contributed by atoms with van der Waals surface area (Å²) < 4.78 is 32.4. The van der Waals surface area contributed by atoms with Crippen molar-refractivity contribution >= 4 is 15.9 Å². The van der Waals surface area contributed by atoms with Gasteiger partial charge in [-0.15, -0.1) is 0 Å². The molecule has 1 fully saturated rings. The molecule has 1 N–H and O–H groups in total. The molecule has 0 spiro atoms. The van der Waals surface area contributed by atoms with Crippen LogP contribution in [-0.2, 0) is 10.0 Å². The van der Waals surface area contributed by atoms with E-state index in [4.69, 9.17) is 4.74 Å². The Morgan fingerprint density at radius 1 is 1.14 bits per heavy atom. The monoisotopic (exact) mass is 416 g/mol. The first-order valence-corrected chi connectivity index (χ1v) is 11.4. The first-order chi connectivity index (χ1) is 13.9. The predicted octanol–water partition coefficient (Wildman–Crippen LogP) is 3.67. The number of aryl methyl sites for hydroxylation is 1. The van der Waals surface area contributed by atoms with Crippen LogP contribution in [0, 0.1) is 6.92 Å². The van der Waals surface area contributed by atoms with Gasteiger partial charge >= 0.3 is 0 Å². The highest BCUT2D eigenvalue weighted by Gasteiger charge is 2.28. The summed E-state index contributed by atoms with van der Waals surface area (Å²) in [6, 6.07) is 12.2. The largest absolute Gasteiger partial charge is 0.497 e. The standard InChI is InChI=1S/C22H28N2O4S/c1-4-21(17-8-10-18(28-3)11-9-17)23-22(25)20-15-19(12-7-16(20)2)29(26,27)24-13-5-6-14-24/h7-12,15,21H,4-6,13-14H2,1-3H3,(H,23,25)/t21-/m1/s1. The molecule has 1 amide bonds. The summed E-state index contributed by atoms with van der Waals surface area (Å²) in [6.45, 7) is 4.88. The molecule has 0 saturated carbocycles. The third-order valence-corrected chi connectivity index (χ3v) is 7.28. The minimum absolute atomic E-state index is 0.174. The van der Waals surface area contributed by atoms with Crippen LogP contribution in [0.3, 0.4) is 0 Å². The number of methoxy groups -OCH3 is 1. The number of carbonyl (C=O) groups is 1. The third-order valence-electron chi connectivity index (χ3n) is 5.39. The lowest BCUT2D eigenvalue weighted by atomic mass is 10.0. The van der Waals surface area contributed by atoms with E-state index in [0.717, 1.165) is 29.7 Å². The number of hydrogen-bond acceptors (Lipinski definition) is 4. The summed E-state index contributed by atoms with van der Waals surface area (Å²) in [4.78, 5) is 13.2. The van der Waals surface area contributed by atoms with Gasteiger partial charge in [-0.1, -0.05) is 25.1 Å². The molecule has 1 aliphatic rings. The molecular weight excluding hydrogens is 388 g/mol. The molecule has 3 rings (SSSR count). The van der Waals surface area contributed by atoms with Crippen molar-refractivity contribution in [2.45, 2.75) is 44.0 Å². The molecular formula is C22H28N2O4S. The van der Waals surface area contributed by atoms with Gasteiger partial charge in [0.1, 0.15) is 5.75 Å². The highest BCUT2D eigenvalue weighted by atomic mass is 32.2. The van der Waals surface area contributed by atoms with E-state index in [1.807, 2.05) is 38.1 Å². The zero-order valence-corrected chi connectivity index (χ0v) is 18.0. The van der Waals surface area contributed by atoms with E-state index in [0.29, 0.717) is 25.1 Å². The maximum Gasteiger partial charge on any atom is 0.252 e. The van der Waals surface area contributed by atoms with Crippen LogP contribution < -0.4 is 10.1 Å². The van der Waals surface area contributed by atoms with E-state index in [-0.39, 0.29) is 16.8 Å². The molecule has 0 bridgehead atoms. The van der Waals surface area contributed by atoms with E-state index in [1.54, 1.807) is 19.2 Å². The summed E-state index contributed by atoms with van der Waals surface area (Å²) in [5.41, 5.74) is 2.10. The van der Waals surface area contributed by atoms with Gasteiger partial charge in [0.25, 0.3) is 5.91 Å². The van der Waals surface area contributed by atoms with Crippen molar-refractivity contribution < 1.29 is 17.9 Å². The summed E-state index contributed by atoms with van der Waals surface area (Å²) >= 11 is 0. The van der Waals surface area contributed by atoms with Gasteiger partial charge in [-0.2, -0.15) is 4.31 Å². The lowest BCUT2D eigenvalue weighted by Crippen LogP contribution is -2.30. The van der Waals surface area contributed by atoms with Crippen LogP contribution in [0.4, 0.5) is 0 Å². The molecule has 7 heteroatoms. The van der Waals surface area contributed by atoms with Crippen LogP contribution in [0.25, 0.3) is 0 Å². The molecule has 29 heavy (non-hydrogen) atoms. The van der Waals surface area contributed by atoms with Gasteiger partial charge in [0.2, 0.25) is 10.0 Å². The maximum atomic E-state index is 13.0. The van der Waals surface area contributed by atoms with Crippen molar-refractivity contribution in [2.75, 3.05) is 20.2 Å². The number of rotatable bonds is 7. The molecule has 1 atom stereocenters. The quantitative estimate of drug-likeness (QED) is 0.747. The molecule has 0 unspecified atom stereocenters. The second kappa shape index (κ2) is 8.97. The number of sulfonamides is 1. The summed E-state index contributed by atoms with van der Waals surface area (Å²) in [6.07, 6.45) is 2.46. The molecule has 156 valence electrons. The zero-order chi connectivity index (χ0) is 21.0. The van der Waals surface area contributed by atoms with Crippen molar-refractivity contribution in [1.29, 1.82) is 0 Å². The van der Waals surface area contributed by atoms with E-state index >= 15 is 0 Å². The minimum Gasteiger partial charge on any atom is -0.497 e. The van der Waals surface area contributed by atoms with Crippen LogP contribution >= 0.6 is 0 Å². The van der Waals surface area contributed by atoms with Crippen molar-refractivity contribution in [1.82, 2.24) is 9.62 Å². The molecule has 1 saturated heterocycles. The van der Waals surface area contributed by atoms with Gasteiger partial charge in [-0.25, -0.2) is 8.42 Å². The molecule has 0 radical (unpaired) electrons. The molecule has 2 aromatic rings. The van der Waals surface area contributed by atoms with E-state index in [9.17, 15) is 13.2 Å². The molecule has 6 nitrogen and oxygen atoms in total. The third kappa shape index (κ3) is 4.62. The Bertz CT molecular complexity index is 965. The van der Waals surface area contributed by atoms with Crippen LogP contribution in [0.5, 0.6) is 5.75 Å². The first-order valence-electron chi connectivity index (χ1n) is 9.92. The fraction of sp³-hybridized carbons (Fsp3) is 0.409.